The van der Waals surface area contributed by atoms with E-state index in [1.807, 2.05) is 6.07 Å². The van der Waals surface area contributed by atoms with Gasteiger partial charge in [0.05, 0.1) is 4.90 Å². The van der Waals surface area contributed by atoms with Crippen molar-refractivity contribution in [3.05, 3.63) is 132 Å². The maximum absolute atomic E-state index is 13.7. The van der Waals surface area contributed by atoms with Crippen molar-refractivity contribution in [2.75, 3.05) is 0 Å². The fourth-order valence-corrected chi connectivity index (χ4v) is 5.44. The van der Waals surface area contributed by atoms with Gasteiger partial charge in [-0.05, 0) is 35.4 Å². The van der Waals surface area contributed by atoms with E-state index in [0.717, 1.165) is 5.56 Å². The zero-order chi connectivity index (χ0) is 28.6. The van der Waals surface area contributed by atoms with Gasteiger partial charge in [-0.25, -0.2) is 18.0 Å². The molecule has 1 amide bonds. The Balaban J connectivity index is 1.49. The quantitative estimate of drug-likeness (QED) is 0.231. The van der Waals surface area contributed by atoms with Gasteiger partial charge in [0.2, 0.25) is 9.84 Å². The van der Waals surface area contributed by atoms with Crippen LogP contribution in [-0.2, 0) is 37.5 Å². The van der Waals surface area contributed by atoms with Crippen LogP contribution in [0.3, 0.4) is 0 Å². The standard InChI is InChI=1S/C30H28N2O7S/c31-30(39-25-12-6-2-7-13-25,40(36,37)26-14-8-3-9-15-26)24-18-16-23(17-19-24)21-38-29(35)32-27(28(33)34)20-22-10-4-1-5-11-22/h1-19,27H,20-21,31H2,(H,32,35)(H,33,34)/t27-,30?/m1/s1. The van der Waals surface area contributed by atoms with E-state index in [-0.39, 0.29) is 29.2 Å². The minimum atomic E-state index is -4.23. The molecule has 0 radical (unpaired) electrons. The molecule has 0 aliphatic heterocycles. The van der Waals surface area contributed by atoms with E-state index >= 15 is 0 Å². The molecule has 4 rings (SSSR count). The Morgan fingerprint density at radius 1 is 0.800 bits per heavy atom. The van der Waals surface area contributed by atoms with Gasteiger partial charge in [-0.3, -0.25) is 5.73 Å². The van der Waals surface area contributed by atoms with Gasteiger partial charge in [0.15, 0.2) is 0 Å². The molecule has 0 aromatic heterocycles. The first-order valence-corrected chi connectivity index (χ1v) is 13.8. The van der Waals surface area contributed by atoms with Crippen molar-refractivity contribution in [3.8, 4) is 5.75 Å². The summed E-state index contributed by atoms with van der Waals surface area (Å²) >= 11 is 0. The number of benzene rings is 4. The number of nitrogens with one attached hydrogen (secondary N) is 1. The molecule has 0 saturated carbocycles. The summed E-state index contributed by atoms with van der Waals surface area (Å²) < 4.78 is 38.5. The molecule has 0 aliphatic carbocycles. The highest BCUT2D eigenvalue weighted by molar-refractivity contribution is 7.92. The third kappa shape index (κ3) is 6.66. The lowest BCUT2D eigenvalue weighted by atomic mass is 10.1. The fraction of sp³-hybridized carbons (Fsp3) is 0.133. The van der Waals surface area contributed by atoms with Gasteiger partial charge in [-0.15, -0.1) is 0 Å². The Morgan fingerprint density at radius 3 is 1.93 bits per heavy atom. The summed E-state index contributed by atoms with van der Waals surface area (Å²) in [4.78, 5) is 23.9. The molecule has 0 aliphatic rings. The fourth-order valence-electron chi connectivity index (χ4n) is 3.92. The summed E-state index contributed by atoms with van der Waals surface area (Å²) in [6.07, 6.45) is -0.810. The Hall–Kier alpha value is -4.67. The molecule has 4 aromatic carbocycles. The van der Waals surface area contributed by atoms with E-state index in [1.54, 1.807) is 84.9 Å². The van der Waals surface area contributed by atoms with Crippen molar-refractivity contribution in [1.29, 1.82) is 0 Å². The van der Waals surface area contributed by atoms with Gasteiger partial charge >= 0.3 is 12.1 Å². The van der Waals surface area contributed by atoms with E-state index in [2.05, 4.69) is 5.32 Å². The van der Waals surface area contributed by atoms with E-state index in [9.17, 15) is 23.1 Å². The third-order valence-corrected chi connectivity index (χ3v) is 8.07. The Bertz CT molecular complexity index is 1530. The first kappa shape index (κ1) is 28.3. The molecule has 10 heteroatoms. The molecule has 4 aromatic rings. The number of nitrogens with two attached hydrogens (primary N) is 1. The van der Waals surface area contributed by atoms with Crippen molar-refractivity contribution in [1.82, 2.24) is 5.32 Å². The van der Waals surface area contributed by atoms with Crippen LogP contribution in [0, 0.1) is 0 Å². The van der Waals surface area contributed by atoms with Gasteiger partial charge in [-0.1, -0.05) is 91.0 Å². The average Bonchev–Trinajstić information content (AvgIpc) is 2.97. The van der Waals surface area contributed by atoms with Crippen LogP contribution >= 0.6 is 0 Å². The second-order valence-electron chi connectivity index (χ2n) is 8.90. The van der Waals surface area contributed by atoms with Crippen molar-refractivity contribution < 1.29 is 32.6 Å². The van der Waals surface area contributed by atoms with Crippen LogP contribution < -0.4 is 15.8 Å². The molecule has 9 nitrogen and oxygen atoms in total. The Labute approximate surface area is 232 Å². The number of ether oxygens (including phenoxy) is 2. The van der Waals surface area contributed by atoms with Crippen LogP contribution in [-0.4, -0.2) is 31.6 Å². The van der Waals surface area contributed by atoms with Crippen molar-refractivity contribution in [3.63, 3.8) is 0 Å². The molecule has 0 fully saturated rings. The van der Waals surface area contributed by atoms with Crippen LogP contribution in [0.2, 0.25) is 0 Å². The van der Waals surface area contributed by atoms with Crippen molar-refractivity contribution in [2.45, 2.75) is 29.0 Å². The number of carbonyl (C=O) groups excluding carboxylic acids is 1. The maximum atomic E-state index is 13.7. The van der Waals surface area contributed by atoms with Gasteiger partial charge in [0.1, 0.15) is 18.4 Å². The highest BCUT2D eigenvalue weighted by Crippen LogP contribution is 2.34. The highest BCUT2D eigenvalue weighted by Gasteiger charge is 2.45. The molecule has 0 spiro atoms. The highest BCUT2D eigenvalue weighted by atomic mass is 32.2. The normalized spacial score (nSPS) is 13.4. The summed E-state index contributed by atoms with van der Waals surface area (Å²) in [6, 6.07) is 29.9. The van der Waals surface area contributed by atoms with E-state index < -0.39 is 33.0 Å². The summed E-state index contributed by atoms with van der Waals surface area (Å²) in [5.74, 6) is -0.931. The number of amides is 1. The van der Waals surface area contributed by atoms with Crippen LogP contribution in [0.4, 0.5) is 4.79 Å². The molecule has 2 atom stereocenters. The minimum absolute atomic E-state index is 0.0130. The first-order chi connectivity index (χ1) is 19.2. The summed E-state index contributed by atoms with van der Waals surface area (Å²) in [6.45, 7) is -0.188. The SMILES string of the molecule is NC(Oc1ccccc1)(c1ccc(COC(=O)N[C@H](Cc2ccccc2)C(=O)O)cc1)S(=O)(=O)c1ccccc1. The lowest BCUT2D eigenvalue weighted by Crippen LogP contribution is -2.50. The first-order valence-electron chi connectivity index (χ1n) is 12.3. The van der Waals surface area contributed by atoms with Gasteiger partial charge in [0.25, 0.3) is 5.06 Å². The van der Waals surface area contributed by atoms with Crippen LogP contribution in [0.25, 0.3) is 0 Å². The predicted molar refractivity (Wildman–Crippen MR) is 148 cm³/mol. The topological polar surface area (TPSA) is 145 Å². The second kappa shape index (κ2) is 12.5. The maximum Gasteiger partial charge on any atom is 0.408 e. The van der Waals surface area contributed by atoms with Crippen molar-refractivity contribution in [2.24, 2.45) is 5.73 Å². The summed E-state index contributed by atoms with van der Waals surface area (Å²) in [7, 11) is -4.23. The smallest absolute Gasteiger partial charge is 0.408 e. The zero-order valence-electron chi connectivity index (χ0n) is 21.3. The van der Waals surface area contributed by atoms with Crippen LogP contribution in [0.15, 0.2) is 120 Å². The lowest BCUT2D eigenvalue weighted by molar-refractivity contribution is -0.139. The number of alkyl carbamates (subject to hydrolysis) is 1. The van der Waals surface area contributed by atoms with Gasteiger partial charge in [-0.2, -0.15) is 0 Å². The average molecular weight is 561 g/mol. The molecular weight excluding hydrogens is 532 g/mol. The van der Waals surface area contributed by atoms with Crippen LogP contribution in [0.5, 0.6) is 5.75 Å². The Morgan fingerprint density at radius 2 is 1.35 bits per heavy atom. The van der Waals surface area contributed by atoms with Crippen LogP contribution in [0.1, 0.15) is 16.7 Å². The predicted octanol–water partition coefficient (Wildman–Crippen LogP) is 4.23. The number of carbonyl (C=O) groups is 2. The minimum Gasteiger partial charge on any atom is -0.480 e. The third-order valence-electron chi connectivity index (χ3n) is 6.06. The lowest BCUT2D eigenvalue weighted by Gasteiger charge is -2.30. The number of para-hydroxylation sites is 1. The zero-order valence-corrected chi connectivity index (χ0v) is 22.2. The number of hydrogen-bond donors (Lipinski definition) is 3. The molecule has 1 unspecified atom stereocenters. The van der Waals surface area contributed by atoms with E-state index in [4.69, 9.17) is 15.2 Å². The molecule has 206 valence electrons. The summed E-state index contributed by atoms with van der Waals surface area (Å²) in [5, 5.41) is 9.58. The monoisotopic (exact) mass is 560 g/mol. The number of aliphatic carboxylic acids is 1. The Kier molecular flexibility index (Phi) is 8.83. The number of carboxylic acid groups (broad SMARTS) is 1. The molecular formula is C30H28N2O7S. The van der Waals surface area contributed by atoms with Gasteiger partial charge in [0, 0.05) is 12.0 Å². The largest absolute Gasteiger partial charge is 0.480 e. The number of hydrogen-bond acceptors (Lipinski definition) is 7. The van der Waals surface area contributed by atoms with E-state index in [1.165, 1.54) is 24.3 Å². The van der Waals surface area contributed by atoms with E-state index in [0.29, 0.717) is 5.56 Å². The number of carboxylic acids is 1. The molecule has 0 saturated heterocycles. The van der Waals surface area contributed by atoms with Crippen molar-refractivity contribution >= 4 is 21.9 Å². The summed E-state index contributed by atoms with van der Waals surface area (Å²) in [5.41, 5.74) is 7.94. The number of rotatable bonds is 11. The molecule has 0 heterocycles. The molecule has 4 N–H and O–H groups in total. The molecule has 40 heavy (non-hydrogen) atoms. The second-order valence-corrected chi connectivity index (χ2v) is 11.0. The van der Waals surface area contributed by atoms with Gasteiger partial charge < -0.3 is 19.9 Å². The number of sulfone groups is 1. The molecule has 0 bridgehead atoms.